The Balaban J connectivity index is 1.63. The van der Waals surface area contributed by atoms with Crippen molar-refractivity contribution in [3.05, 3.63) is 65.4 Å². The van der Waals surface area contributed by atoms with Gasteiger partial charge in [0.2, 0.25) is 0 Å². The molecule has 0 aliphatic carbocycles. The molecule has 34 heavy (non-hydrogen) atoms. The SMILES string of the molecule is Cc1c(C(=O)NC2CCCNC2)nc(-c2ccc(C#N)c(F)c2)n1-c1ccc2nn(C)cc2c1. The number of aromatic nitrogens is 4. The van der Waals surface area contributed by atoms with Gasteiger partial charge >= 0.3 is 0 Å². The quantitative estimate of drug-likeness (QED) is 0.490. The van der Waals surface area contributed by atoms with Gasteiger partial charge in [-0.1, -0.05) is 0 Å². The third-order valence-electron chi connectivity index (χ3n) is 6.16. The third-order valence-corrected chi connectivity index (χ3v) is 6.16. The van der Waals surface area contributed by atoms with Crippen LogP contribution in [0, 0.1) is 24.1 Å². The van der Waals surface area contributed by atoms with Crippen molar-refractivity contribution in [1.82, 2.24) is 30.0 Å². The molecule has 8 nitrogen and oxygen atoms in total. The van der Waals surface area contributed by atoms with Crippen LogP contribution in [-0.2, 0) is 7.05 Å². The van der Waals surface area contributed by atoms with E-state index in [1.807, 2.05) is 49.0 Å². The molecule has 3 heterocycles. The van der Waals surface area contributed by atoms with Crippen molar-refractivity contribution in [1.29, 1.82) is 5.26 Å². The van der Waals surface area contributed by atoms with Gasteiger partial charge in [0, 0.05) is 42.5 Å². The van der Waals surface area contributed by atoms with Gasteiger partial charge in [-0.3, -0.25) is 14.0 Å². The van der Waals surface area contributed by atoms with Gasteiger partial charge in [0.25, 0.3) is 5.91 Å². The molecule has 1 unspecified atom stereocenters. The molecule has 0 spiro atoms. The minimum atomic E-state index is -0.630. The molecule has 2 N–H and O–H groups in total. The maximum absolute atomic E-state index is 14.5. The van der Waals surface area contributed by atoms with Crippen LogP contribution in [0.1, 0.15) is 34.6 Å². The van der Waals surface area contributed by atoms with E-state index in [1.165, 1.54) is 12.1 Å². The maximum Gasteiger partial charge on any atom is 0.272 e. The molecule has 0 radical (unpaired) electrons. The van der Waals surface area contributed by atoms with Crippen molar-refractivity contribution in [2.75, 3.05) is 13.1 Å². The summed E-state index contributed by atoms with van der Waals surface area (Å²) in [5, 5.41) is 20.8. The average Bonchev–Trinajstić information content (AvgIpc) is 3.37. The molecule has 0 saturated carbocycles. The fourth-order valence-electron chi connectivity index (χ4n) is 4.48. The number of carbonyl (C=O) groups is 1. The van der Waals surface area contributed by atoms with Crippen LogP contribution in [0.2, 0.25) is 0 Å². The van der Waals surface area contributed by atoms with Crippen molar-refractivity contribution < 1.29 is 9.18 Å². The van der Waals surface area contributed by atoms with Gasteiger partial charge in [0.1, 0.15) is 23.4 Å². The van der Waals surface area contributed by atoms with Crippen LogP contribution >= 0.6 is 0 Å². The first kappa shape index (κ1) is 21.8. The largest absolute Gasteiger partial charge is 0.347 e. The van der Waals surface area contributed by atoms with Gasteiger partial charge in [-0.2, -0.15) is 10.4 Å². The van der Waals surface area contributed by atoms with E-state index in [-0.39, 0.29) is 23.2 Å². The van der Waals surface area contributed by atoms with E-state index in [9.17, 15) is 9.18 Å². The number of aryl methyl sites for hydroxylation is 1. The Hall–Kier alpha value is -4.03. The van der Waals surface area contributed by atoms with E-state index < -0.39 is 5.82 Å². The minimum Gasteiger partial charge on any atom is -0.347 e. The molecule has 0 bridgehead atoms. The fraction of sp³-hybridized carbons (Fsp3) is 0.280. The summed E-state index contributed by atoms with van der Waals surface area (Å²) < 4.78 is 18.1. The van der Waals surface area contributed by atoms with E-state index >= 15 is 0 Å². The number of hydrogen-bond donors (Lipinski definition) is 2. The first-order valence-electron chi connectivity index (χ1n) is 11.2. The van der Waals surface area contributed by atoms with Crippen LogP contribution in [0.4, 0.5) is 4.39 Å². The summed E-state index contributed by atoms with van der Waals surface area (Å²) in [4.78, 5) is 17.9. The monoisotopic (exact) mass is 457 g/mol. The predicted octanol–water partition coefficient (Wildman–Crippen LogP) is 3.23. The van der Waals surface area contributed by atoms with Crippen molar-refractivity contribution in [3.63, 3.8) is 0 Å². The third kappa shape index (κ3) is 3.93. The minimum absolute atomic E-state index is 0.0355. The van der Waals surface area contributed by atoms with Crippen LogP contribution in [-0.4, -0.2) is 44.4 Å². The van der Waals surface area contributed by atoms with E-state index in [1.54, 1.807) is 10.7 Å². The lowest BCUT2D eigenvalue weighted by atomic mass is 10.1. The second-order valence-corrected chi connectivity index (χ2v) is 8.57. The Kier molecular flexibility index (Phi) is 5.59. The van der Waals surface area contributed by atoms with E-state index in [2.05, 4.69) is 20.7 Å². The van der Waals surface area contributed by atoms with E-state index in [0.717, 1.165) is 42.5 Å². The molecule has 1 aliphatic rings. The Morgan fingerprint density at radius 2 is 2.15 bits per heavy atom. The molecular formula is C25H24FN7O. The fourth-order valence-corrected chi connectivity index (χ4v) is 4.48. The lowest BCUT2D eigenvalue weighted by Gasteiger charge is -2.23. The van der Waals surface area contributed by atoms with Gasteiger partial charge < -0.3 is 10.6 Å². The first-order valence-corrected chi connectivity index (χ1v) is 11.2. The molecule has 2 aromatic heterocycles. The first-order chi connectivity index (χ1) is 16.4. The summed E-state index contributed by atoms with van der Waals surface area (Å²) in [5.74, 6) is -0.465. The van der Waals surface area contributed by atoms with Crippen LogP contribution in [0.25, 0.3) is 28.0 Å². The summed E-state index contributed by atoms with van der Waals surface area (Å²) in [5.41, 5.74) is 2.99. The summed E-state index contributed by atoms with van der Waals surface area (Å²) in [6, 6.07) is 12.0. The number of amides is 1. The van der Waals surface area contributed by atoms with Crippen molar-refractivity contribution in [2.45, 2.75) is 25.8 Å². The van der Waals surface area contributed by atoms with Crippen molar-refractivity contribution in [3.8, 4) is 23.1 Å². The number of nitrogens with one attached hydrogen (secondary N) is 2. The van der Waals surface area contributed by atoms with Crippen LogP contribution in [0.15, 0.2) is 42.6 Å². The molecule has 9 heteroatoms. The van der Waals surface area contributed by atoms with E-state index in [4.69, 9.17) is 5.26 Å². The van der Waals surface area contributed by atoms with Gasteiger partial charge in [0.15, 0.2) is 0 Å². The normalized spacial score (nSPS) is 15.9. The zero-order valence-electron chi connectivity index (χ0n) is 19.0. The average molecular weight is 458 g/mol. The lowest BCUT2D eigenvalue weighted by Crippen LogP contribution is -2.45. The Labute approximate surface area is 196 Å². The Morgan fingerprint density at radius 3 is 2.88 bits per heavy atom. The molecule has 1 saturated heterocycles. The molecule has 172 valence electrons. The van der Waals surface area contributed by atoms with Crippen molar-refractivity contribution >= 4 is 16.8 Å². The second kappa shape index (κ2) is 8.72. The number of piperidine rings is 1. The van der Waals surface area contributed by atoms with Gasteiger partial charge in [-0.15, -0.1) is 0 Å². The highest BCUT2D eigenvalue weighted by Crippen LogP contribution is 2.29. The summed E-state index contributed by atoms with van der Waals surface area (Å²) in [7, 11) is 1.86. The molecule has 1 aliphatic heterocycles. The highest BCUT2D eigenvalue weighted by atomic mass is 19.1. The molecule has 4 aromatic rings. The molecule has 2 aromatic carbocycles. The zero-order chi connectivity index (χ0) is 23.8. The summed E-state index contributed by atoms with van der Waals surface area (Å²) in [6.45, 7) is 3.50. The number of benzene rings is 2. The predicted molar refractivity (Wildman–Crippen MR) is 126 cm³/mol. The maximum atomic E-state index is 14.5. The highest BCUT2D eigenvalue weighted by molar-refractivity contribution is 5.95. The molecular weight excluding hydrogens is 433 g/mol. The molecule has 1 atom stereocenters. The standard InChI is InChI=1S/C25H24FN7O/c1-15-23(25(34)29-19-4-3-9-28-13-19)30-24(16-5-6-17(12-27)21(26)11-16)33(15)20-7-8-22-18(10-20)14-32(2)31-22/h5-8,10-11,14,19,28H,3-4,9,13H2,1-2H3,(H,29,34). The number of nitrogens with zero attached hydrogens (tertiary/aromatic N) is 5. The topological polar surface area (TPSA) is 101 Å². The molecule has 5 rings (SSSR count). The second-order valence-electron chi connectivity index (χ2n) is 8.57. The lowest BCUT2D eigenvalue weighted by molar-refractivity contribution is 0.0925. The Bertz CT molecular complexity index is 1440. The van der Waals surface area contributed by atoms with Crippen LogP contribution in [0.5, 0.6) is 0 Å². The van der Waals surface area contributed by atoms with E-state index in [0.29, 0.717) is 17.1 Å². The number of nitriles is 1. The van der Waals surface area contributed by atoms with Gasteiger partial charge in [-0.05, 0) is 62.7 Å². The number of halogens is 1. The van der Waals surface area contributed by atoms with Crippen molar-refractivity contribution in [2.24, 2.45) is 7.05 Å². The Morgan fingerprint density at radius 1 is 1.29 bits per heavy atom. The van der Waals surface area contributed by atoms with Gasteiger partial charge in [-0.25, -0.2) is 9.37 Å². The molecule has 1 fully saturated rings. The number of carbonyl (C=O) groups excluding carboxylic acids is 1. The summed E-state index contributed by atoms with van der Waals surface area (Å²) in [6.07, 6.45) is 3.82. The van der Waals surface area contributed by atoms with Gasteiger partial charge in [0.05, 0.1) is 16.8 Å². The molecule has 1 amide bonds. The summed E-state index contributed by atoms with van der Waals surface area (Å²) >= 11 is 0. The zero-order valence-corrected chi connectivity index (χ0v) is 19.0. The van der Waals surface area contributed by atoms with Crippen LogP contribution in [0.3, 0.4) is 0 Å². The number of imidazole rings is 1. The smallest absolute Gasteiger partial charge is 0.272 e. The number of rotatable bonds is 4. The highest BCUT2D eigenvalue weighted by Gasteiger charge is 2.25. The number of hydrogen-bond acceptors (Lipinski definition) is 5. The van der Waals surface area contributed by atoms with Crippen LogP contribution < -0.4 is 10.6 Å². The number of fused-ring (bicyclic) bond motifs is 1.